The Kier molecular flexibility index (Phi) is 3.15. The van der Waals surface area contributed by atoms with Crippen LogP contribution in [-0.4, -0.2) is 34.7 Å². The van der Waals surface area contributed by atoms with Gasteiger partial charge in [0.1, 0.15) is 0 Å². The summed E-state index contributed by atoms with van der Waals surface area (Å²) < 4.78 is 0. The lowest BCUT2D eigenvalue weighted by Crippen LogP contribution is -2.33. The van der Waals surface area contributed by atoms with Crippen LogP contribution in [0.3, 0.4) is 0 Å². The van der Waals surface area contributed by atoms with Crippen molar-refractivity contribution in [3.05, 3.63) is 47.2 Å². The normalized spacial score (nSPS) is 16.7. The maximum atomic E-state index is 11.0. The van der Waals surface area contributed by atoms with Crippen LogP contribution >= 0.6 is 0 Å². The second-order valence-corrected chi connectivity index (χ2v) is 4.20. The van der Waals surface area contributed by atoms with Crippen LogP contribution in [0.2, 0.25) is 0 Å². The number of carbonyl (C=O) groups is 1. The summed E-state index contributed by atoms with van der Waals surface area (Å²) in [7, 11) is 1.90. The number of benzene rings is 1. The summed E-state index contributed by atoms with van der Waals surface area (Å²) in [5.74, 6) is -0.829. The Bertz CT molecular complexity index is 454. The van der Waals surface area contributed by atoms with Crippen LogP contribution in [0.25, 0.3) is 0 Å². The van der Waals surface area contributed by atoms with E-state index in [4.69, 9.17) is 5.11 Å². The first kappa shape index (κ1) is 11.7. The molecule has 17 heavy (non-hydrogen) atoms. The number of nitrogens with zero attached hydrogens (tertiary/aromatic N) is 2. The van der Waals surface area contributed by atoms with Gasteiger partial charge in [0.2, 0.25) is 0 Å². The van der Waals surface area contributed by atoms with Crippen molar-refractivity contribution in [3.8, 4) is 0 Å². The fourth-order valence-electron chi connectivity index (χ4n) is 1.99. The van der Waals surface area contributed by atoms with Crippen LogP contribution in [0.5, 0.6) is 0 Å². The molecule has 0 atom stereocenters. The molecule has 4 heteroatoms. The van der Waals surface area contributed by atoms with E-state index in [1.54, 1.807) is 0 Å². The van der Waals surface area contributed by atoms with E-state index in [-0.39, 0.29) is 0 Å². The van der Waals surface area contributed by atoms with Crippen molar-refractivity contribution in [1.82, 2.24) is 10.0 Å². The van der Waals surface area contributed by atoms with E-state index in [0.717, 1.165) is 12.2 Å². The summed E-state index contributed by atoms with van der Waals surface area (Å²) in [6, 6.07) is 10.0. The van der Waals surface area contributed by atoms with Crippen molar-refractivity contribution in [2.45, 2.75) is 13.5 Å². The third-order valence-corrected chi connectivity index (χ3v) is 3.15. The summed E-state index contributed by atoms with van der Waals surface area (Å²) in [4.78, 5) is 11.0. The molecular formula is C13H16N2O2. The first-order valence-electron chi connectivity index (χ1n) is 5.55. The molecule has 0 amide bonds. The molecule has 90 valence electrons. The largest absolute Gasteiger partial charge is 0.478 e. The summed E-state index contributed by atoms with van der Waals surface area (Å²) in [5.41, 5.74) is 2.47. The van der Waals surface area contributed by atoms with Crippen LogP contribution in [0.4, 0.5) is 0 Å². The fourth-order valence-corrected chi connectivity index (χ4v) is 1.99. The van der Waals surface area contributed by atoms with Gasteiger partial charge in [0.25, 0.3) is 0 Å². The first-order chi connectivity index (χ1) is 8.09. The number of hydrogen-bond donors (Lipinski definition) is 1. The second kappa shape index (κ2) is 4.59. The summed E-state index contributed by atoms with van der Waals surface area (Å²) in [6.07, 6.45) is 0. The van der Waals surface area contributed by atoms with E-state index in [0.29, 0.717) is 12.1 Å². The van der Waals surface area contributed by atoms with Gasteiger partial charge in [-0.05, 0) is 12.5 Å². The topological polar surface area (TPSA) is 43.8 Å². The molecule has 0 bridgehead atoms. The number of allylic oxidation sites excluding steroid dienone is 1. The monoisotopic (exact) mass is 232 g/mol. The number of hydrazine groups is 1. The van der Waals surface area contributed by atoms with Crippen LogP contribution in [0, 0.1) is 0 Å². The van der Waals surface area contributed by atoms with Gasteiger partial charge in [0.15, 0.2) is 0 Å². The second-order valence-electron chi connectivity index (χ2n) is 4.20. The zero-order chi connectivity index (χ0) is 12.4. The summed E-state index contributed by atoms with van der Waals surface area (Å²) in [5, 5.41) is 13.0. The quantitative estimate of drug-likeness (QED) is 0.861. The van der Waals surface area contributed by atoms with Crippen LogP contribution in [0.15, 0.2) is 41.6 Å². The smallest absolute Gasteiger partial charge is 0.334 e. The Morgan fingerprint density at radius 1 is 1.35 bits per heavy atom. The van der Waals surface area contributed by atoms with Gasteiger partial charge in [-0.1, -0.05) is 30.3 Å². The van der Waals surface area contributed by atoms with Crippen molar-refractivity contribution in [2.75, 3.05) is 13.6 Å². The predicted molar refractivity (Wildman–Crippen MR) is 65.0 cm³/mol. The summed E-state index contributed by atoms with van der Waals surface area (Å²) >= 11 is 0. The molecule has 0 aromatic heterocycles. The molecule has 0 radical (unpaired) electrons. The minimum atomic E-state index is -0.829. The van der Waals surface area contributed by atoms with Gasteiger partial charge in [-0.3, -0.25) is 0 Å². The van der Waals surface area contributed by atoms with Crippen molar-refractivity contribution in [3.63, 3.8) is 0 Å². The Hall–Kier alpha value is -1.81. The molecule has 0 saturated carbocycles. The Balaban J connectivity index is 2.10. The van der Waals surface area contributed by atoms with Crippen molar-refractivity contribution < 1.29 is 9.90 Å². The molecule has 0 aliphatic carbocycles. The van der Waals surface area contributed by atoms with Gasteiger partial charge in [0.05, 0.1) is 12.1 Å². The van der Waals surface area contributed by atoms with E-state index in [1.807, 2.05) is 54.3 Å². The maximum absolute atomic E-state index is 11.0. The van der Waals surface area contributed by atoms with E-state index in [1.165, 1.54) is 5.56 Å². The molecule has 2 rings (SSSR count). The number of rotatable bonds is 3. The van der Waals surface area contributed by atoms with Crippen molar-refractivity contribution in [1.29, 1.82) is 0 Å². The minimum Gasteiger partial charge on any atom is -0.478 e. The van der Waals surface area contributed by atoms with E-state index in [2.05, 4.69) is 0 Å². The highest BCUT2D eigenvalue weighted by atomic mass is 16.4. The number of carboxylic acid groups (broad SMARTS) is 1. The molecular weight excluding hydrogens is 216 g/mol. The van der Waals surface area contributed by atoms with Gasteiger partial charge >= 0.3 is 5.97 Å². The molecule has 0 unspecified atom stereocenters. The molecule has 1 aliphatic heterocycles. The Morgan fingerprint density at radius 2 is 2.00 bits per heavy atom. The van der Waals surface area contributed by atoms with Gasteiger partial charge in [-0.15, -0.1) is 0 Å². The van der Waals surface area contributed by atoms with E-state index in [9.17, 15) is 4.79 Å². The van der Waals surface area contributed by atoms with Crippen molar-refractivity contribution >= 4 is 5.97 Å². The molecule has 0 spiro atoms. The van der Waals surface area contributed by atoms with Crippen LogP contribution < -0.4 is 0 Å². The summed E-state index contributed by atoms with van der Waals surface area (Å²) in [6.45, 7) is 3.03. The van der Waals surface area contributed by atoms with Gasteiger partial charge in [0, 0.05) is 19.3 Å². The van der Waals surface area contributed by atoms with E-state index >= 15 is 0 Å². The average Bonchev–Trinajstić information content (AvgIpc) is 2.59. The molecule has 4 nitrogen and oxygen atoms in total. The molecule has 1 aromatic rings. The third-order valence-electron chi connectivity index (χ3n) is 3.15. The highest BCUT2D eigenvalue weighted by Crippen LogP contribution is 2.23. The Morgan fingerprint density at radius 3 is 2.53 bits per heavy atom. The standard InChI is InChI=1S/C13H16N2O2/c1-10-12(13(16)17)9-15(14(10)2)8-11-6-4-3-5-7-11/h3-7H,8-9H2,1-2H3,(H,16,17). The highest BCUT2D eigenvalue weighted by Gasteiger charge is 2.28. The fraction of sp³-hybridized carbons (Fsp3) is 0.308. The predicted octanol–water partition coefficient (Wildman–Crippen LogP) is 1.71. The van der Waals surface area contributed by atoms with Gasteiger partial charge in [-0.25, -0.2) is 9.80 Å². The first-order valence-corrected chi connectivity index (χ1v) is 5.55. The zero-order valence-electron chi connectivity index (χ0n) is 10.1. The zero-order valence-corrected chi connectivity index (χ0v) is 10.1. The SMILES string of the molecule is CC1=C(C(=O)O)CN(Cc2ccccc2)N1C. The lowest BCUT2D eigenvalue weighted by Gasteiger charge is -2.27. The molecule has 1 N–H and O–H groups in total. The van der Waals surface area contributed by atoms with Crippen LogP contribution in [-0.2, 0) is 11.3 Å². The van der Waals surface area contributed by atoms with Crippen LogP contribution in [0.1, 0.15) is 12.5 Å². The Labute approximate surface area is 101 Å². The van der Waals surface area contributed by atoms with E-state index < -0.39 is 5.97 Å². The number of aliphatic carboxylic acids is 1. The molecule has 1 aliphatic rings. The van der Waals surface area contributed by atoms with Gasteiger partial charge in [-0.2, -0.15) is 0 Å². The average molecular weight is 232 g/mol. The number of carboxylic acids is 1. The third kappa shape index (κ3) is 2.31. The lowest BCUT2D eigenvalue weighted by atomic mass is 10.2. The molecule has 0 fully saturated rings. The molecule has 1 heterocycles. The maximum Gasteiger partial charge on any atom is 0.334 e. The molecule has 0 saturated heterocycles. The van der Waals surface area contributed by atoms with Gasteiger partial charge < -0.3 is 10.1 Å². The number of hydrogen-bond acceptors (Lipinski definition) is 3. The van der Waals surface area contributed by atoms with Crippen molar-refractivity contribution in [2.24, 2.45) is 0 Å². The lowest BCUT2D eigenvalue weighted by molar-refractivity contribution is -0.132. The molecule has 1 aromatic carbocycles. The highest BCUT2D eigenvalue weighted by molar-refractivity contribution is 5.88. The minimum absolute atomic E-state index is 0.465.